The minimum absolute atomic E-state index is 1.15. The predicted octanol–water partition coefficient (Wildman–Crippen LogP) is 15.2. The molecule has 0 saturated carbocycles. The minimum Gasteiger partial charge on any atom is -0.309 e. The zero-order chi connectivity index (χ0) is 37.5. The average molecular weight is 743 g/mol. The Balaban J connectivity index is 1.04. The highest BCUT2D eigenvalue weighted by molar-refractivity contribution is 7.26. The second-order valence-corrected chi connectivity index (χ2v) is 16.0. The van der Waals surface area contributed by atoms with E-state index in [0.29, 0.717) is 0 Å². The summed E-state index contributed by atoms with van der Waals surface area (Å²) < 4.78 is 7.57. The molecule has 57 heavy (non-hydrogen) atoms. The van der Waals surface area contributed by atoms with E-state index >= 15 is 0 Å². The summed E-state index contributed by atoms with van der Waals surface area (Å²) in [6.07, 6.45) is 0. The first-order valence-electron chi connectivity index (χ1n) is 19.5. The molecule has 0 aliphatic rings. The maximum absolute atomic E-state index is 2.46. The summed E-state index contributed by atoms with van der Waals surface area (Å²) in [4.78, 5) is 0. The van der Waals surface area contributed by atoms with E-state index in [4.69, 9.17) is 0 Å². The van der Waals surface area contributed by atoms with Crippen molar-refractivity contribution in [2.24, 2.45) is 0 Å². The molecule has 0 N–H and O–H groups in total. The summed E-state index contributed by atoms with van der Waals surface area (Å²) in [6, 6.07) is 75.6. The Morgan fingerprint density at radius 2 is 0.754 bits per heavy atom. The lowest BCUT2D eigenvalue weighted by molar-refractivity contribution is 1.17. The van der Waals surface area contributed by atoms with Gasteiger partial charge in [0.05, 0.1) is 22.1 Å². The van der Waals surface area contributed by atoms with Gasteiger partial charge in [-0.2, -0.15) is 0 Å². The lowest BCUT2D eigenvalue weighted by Gasteiger charge is -2.12. The number of hydrogen-bond acceptors (Lipinski definition) is 1. The number of para-hydroxylation sites is 2. The lowest BCUT2D eigenvalue weighted by atomic mass is 10.00. The number of aromatic nitrogens is 2. The van der Waals surface area contributed by atoms with Crippen molar-refractivity contribution in [2.45, 2.75) is 0 Å². The summed E-state index contributed by atoms with van der Waals surface area (Å²) in [7, 11) is 0. The van der Waals surface area contributed by atoms with Gasteiger partial charge in [-0.15, -0.1) is 11.3 Å². The molecule has 12 aromatic rings. The third-order valence-corrected chi connectivity index (χ3v) is 12.9. The van der Waals surface area contributed by atoms with Crippen LogP contribution >= 0.6 is 11.3 Å². The van der Waals surface area contributed by atoms with Crippen LogP contribution < -0.4 is 0 Å². The first-order valence-corrected chi connectivity index (χ1v) is 20.3. The Morgan fingerprint density at radius 1 is 0.281 bits per heavy atom. The van der Waals surface area contributed by atoms with Crippen LogP contribution in [-0.2, 0) is 0 Å². The molecular formula is C54H34N2S. The molecule has 3 aromatic heterocycles. The van der Waals surface area contributed by atoms with Crippen molar-refractivity contribution < 1.29 is 0 Å². The molecule has 0 aliphatic carbocycles. The van der Waals surface area contributed by atoms with Crippen molar-refractivity contribution in [3.8, 4) is 44.8 Å². The van der Waals surface area contributed by atoms with Gasteiger partial charge in [-0.05, 0) is 88.0 Å². The van der Waals surface area contributed by atoms with E-state index < -0.39 is 0 Å². The maximum Gasteiger partial charge on any atom is 0.0548 e. The minimum atomic E-state index is 1.15. The van der Waals surface area contributed by atoms with Gasteiger partial charge in [-0.25, -0.2) is 0 Å². The van der Waals surface area contributed by atoms with E-state index in [0.717, 1.165) is 11.4 Å². The number of fused-ring (bicyclic) bond motifs is 9. The highest BCUT2D eigenvalue weighted by Gasteiger charge is 2.19. The Morgan fingerprint density at radius 3 is 1.42 bits per heavy atom. The molecule has 9 aromatic carbocycles. The largest absolute Gasteiger partial charge is 0.309 e. The van der Waals surface area contributed by atoms with E-state index in [1.807, 2.05) is 11.3 Å². The van der Waals surface area contributed by atoms with Crippen LogP contribution in [0, 0.1) is 0 Å². The summed E-state index contributed by atoms with van der Waals surface area (Å²) >= 11 is 1.88. The van der Waals surface area contributed by atoms with Crippen molar-refractivity contribution >= 4 is 75.1 Å². The van der Waals surface area contributed by atoms with E-state index in [2.05, 4.69) is 215 Å². The molecule has 0 aliphatic heterocycles. The van der Waals surface area contributed by atoms with Crippen molar-refractivity contribution in [3.63, 3.8) is 0 Å². The summed E-state index contributed by atoms with van der Waals surface area (Å²) in [5, 5.41) is 7.62. The van der Waals surface area contributed by atoms with Gasteiger partial charge in [0.25, 0.3) is 0 Å². The monoisotopic (exact) mass is 742 g/mol. The number of thiophene rings is 1. The molecule has 0 unspecified atom stereocenters. The van der Waals surface area contributed by atoms with Gasteiger partial charge >= 0.3 is 0 Å². The van der Waals surface area contributed by atoms with Crippen LogP contribution in [0.5, 0.6) is 0 Å². The van der Waals surface area contributed by atoms with E-state index in [1.54, 1.807) is 0 Å². The summed E-state index contributed by atoms with van der Waals surface area (Å²) in [5.74, 6) is 0. The molecule has 0 radical (unpaired) electrons. The molecule has 0 saturated heterocycles. The van der Waals surface area contributed by atoms with Crippen LogP contribution in [0.1, 0.15) is 0 Å². The van der Waals surface area contributed by atoms with E-state index in [1.165, 1.54) is 97.2 Å². The molecule has 12 rings (SSSR count). The van der Waals surface area contributed by atoms with Crippen LogP contribution in [0.15, 0.2) is 206 Å². The van der Waals surface area contributed by atoms with Crippen LogP contribution in [0.4, 0.5) is 0 Å². The van der Waals surface area contributed by atoms with Gasteiger partial charge in [0, 0.05) is 53.1 Å². The number of hydrogen-bond donors (Lipinski definition) is 0. The maximum atomic E-state index is 2.46. The molecular weight excluding hydrogens is 709 g/mol. The first-order chi connectivity index (χ1) is 28.3. The third kappa shape index (κ3) is 5.03. The van der Waals surface area contributed by atoms with Gasteiger partial charge in [0.2, 0.25) is 0 Å². The molecule has 3 heterocycles. The highest BCUT2D eigenvalue weighted by Crippen LogP contribution is 2.43. The Hall–Kier alpha value is -7.20. The van der Waals surface area contributed by atoms with Crippen molar-refractivity contribution in [2.75, 3.05) is 0 Å². The Bertz CT molecular complexity index is 3510. The van der Waals surface area contributed by atoms with Gasteiger partial charge in [0.15, 0.2) is 0 Å². The zero-order valence-electron chi connectivity index (χ0n) is 30.9. The molecule has 0 fully saturated rings. The quantitative estimate of drug-likeness (QED) is 0.166. The second kappa shape index (κ2) is 12.7. The Labute approximate surface area is 333 Å². The van der Waals surface area contributed by atoms with Crippen molar-refractivity contribution in [1.82, 2.24) is 9.13 Å². The average Bonchev–Trinajstić information content (AvgIpc) is 3.93. The fraction of sp³-hybridized carbons (Fsp3) is 0. The molecule has 0 atom stereocenters. The summed E-state index contributed by atoms with van der Waals surface area (Å²) in [6.45, 7) is 0. The van der Waals surface area contributed by atoms with Crippen LogP contribution in [0.25, 0.3) is 109 Å². The van der Waals surface area contributed by atoms with Gasteiger partial charge < -0.3 is 9.13 Å². The third-order valence-electron chi connectivity index (χ3n) is 11.7. The molecule has 2 nitrogen and oxygen atoms in total. The van der Waals surface area contributed by atoms with Crippen molar-refractivity contribution in [3.05, 3.63) is 206 Å². The van der Waals surface area contributed by atoms with Gasteiger partial charge in [-0.1, -0.05) is 152 Å². The molecule has 0 bridgehead atoms. The fourth-order valence-corrected chi connectivity index (χ4v) is 10.3. The molecule has 0 spiro atoms. The van der Waals surface area contributed by atoms with Gasteiger partial charge in [-0.3, -0.25) is 0 Å². The van der Waals surface area contributed by atoms with Gasteiger partial charge in [0.1, 0.15) is 0 Å². The standard InChI is InChI=1S/C54H34N2S/c1-2-13-35(14-3-1)36-27-29-37(30-28-36)38-15-10-17-40(31-38)55-49-24-7-4-19-43(49)47-34-52-48(33-51(47)55)44-20-5-8-25-50(44)56(52)41-18-11-16-39(32-41)42-22-12-23-46-45-21-6-9-26-53(45)57-54(42)46/h1-34H. The predicted molar refractivity (Wildman–Crippen MR) is 244 cm³/mol. The lowest BCUT2D eigenvalue weighted by Crippen LogP contribution is -1.95. The fourth-order valence-electron chi connectivity index (χ4n) is 9.08. The Kier molecular flexibility index (Phi) is 7.13. The van der Waals surface area contributed by atoms with Crippen molar-refractivity contribution in [1.29, 1.82) is 0 Å². The highest BCUT2D eigenvalue weighted by atomic mass is 32.1. The number of nitrogens with zero attached hydrogens (tertiary/aromatic N) is 2. The first kappa shape index (κ1) is 32.1. The molecule has 0 amide bonds. The number of rotatable bonds is 5. The normalized spacial score (nSPS) is 11.9. The van der Waals surface area contributed by atoms with Crippen LogP contribution in [-0.4, -0.2) is 9.13 Å². The molecule has 3 heteroatoms. The summed E-state index contributed by atoms with van der Waals surface area (Å²) in [5.41, 5.74) is 14.5. The van der Waals surface area contributed by atoms with E-state index in [9.17, 15) is 0 Å². The zero-order valence-corrected chi connectivity index (χ0v) is 31.7. The number of benzene rings is 9. The second-order valence-electron chi connectivity index (χ2n) is 14.9. The van der Waals surface area contributed by atoms with Crippen LogP contribution in [0.2, 0.25) is 0 Å². The topological polar surface area (TPSA) is 9.86 Å². The van der Waals surface area contributed by atoms with E-state index in [-0.39, 0.29) is 0 Å². The van der Waals surface area contributed by atoms with Crippen LogP contribution in [0.3, 0.4) is 0 Å². The SMILES string of the molecule is c1ccc(-c2ccc(-c3cccc(-n4c5ccccc5c5cc6c(cc54)c4ccccc4n6-c4cccc(-c5cccc6c5sc5ccccc56)c4)c3)cc2)cc1. The smallest absolute Gasteiger partial charge is 0.0548 e. The molecule has 266 valence electrons.